The van der Waals surface area contributed by atoms with E-state index >= 15 is 0 Å². The van der Waals surface area contributed by atoms with Crippen LogP contribution in [0.15, 0.2) is 152 Å². The molecule has 5 aromatic rings. The van der Waals surface area contributed by atoms with Gasteiger partial charge < -0.3 is 52.5 Å². The Kier molecular flexibility index (Phi) is 14.1. The Hall–Kier alpha value is -4.83. The first kappa shape index (κ1) is 41.9. The quantitative estimate of drug-likeness (QED) is 0.0944. The third-order valence-electron chi connectivity index (χ3n) is 10.8. The summed E-state index contributed by atoms with van der Waals surface area (Å²) in [4.78, 5) is 13.5. The first-order valence-corrected chi connectivity index (χ1v) is 20.2. The van der Waals surface area contributed by atoms with Crippen LogP contribution in [-0.2, 0) is 85.2 Å². The summed E-state index contributed by atoms with van der Waals surface area (Å²) >= 11 is 0. The van der Waals surface area contributed by atoms with Gasteiger partial charge >= 0.3 is 5.97 Å². The average Bonchev–Trinajstić information content (AvgIpc) is 3.29. The number of benzene rings is 5. The first-order valence-electron chi connectivity index (χ1n) is 20.2. The van der Waals surface area contributed by atoms with E-state index < -0.39 is 67.1 Å². The molecule has 60 heavy (non-hydrogen) atoms. The van der Waals surface area contributed by atoms with Crippen LogP contribution in [0.25, 0.3) is 0 Å². The van der Waals surface area contributed by atoms with Crippen LogP contribution in [-0.4, -0.2) is 85.9 Å². The Morgan fingerprint density at radius 2 is 0.950 bits per heavy atom. The van der Waals surface area contributed by atoms with Gasteiger partial charge in [0, 0.05) is 7.11 Å². The fraction of sp³-hybridized carbons (Fsp3) is 0.354. The average molecular weight is 819 g/mol. The minimum absolute atomic E-state index is 0.128. The number of esters is 1. The van der Waals surface area contributed by atoms with Crippen molar-refractivity contribution in [1.29, 1.82) is 0 Å². The number of rotatable bonds is 19. The lowest BCUT2D eigenvalue weighted by Gasteiger charge is -2.54. The zero-order valence-corrected chi connectivity index (χ0v) is 33.3. The smallest absolute Gasteiger partial charge is 0.338 e. The zero-order valence-electron chi connectivity index (χ0n) is 33.3. The second kappa shape index (κ2) is 20.2. The van der Waals surface area contributed by atoms with E-state index in [0.29, 0.717) is 0 Å². The van der Waals surface area contributed by atoms with Gasteiger partial charge in [-0.05, 0) is 27.8 Å². The number of hydrogen-bond donors (Lipinski definition) is 1. The maximum absolute atomic E-state index is 13.5. The third kappa shape index (κ3) is 10.0. The number of aliphatic hydroxyl groups is 1. The lowest BCUT2D eigenvalue weighted by molar-refractivity contribution is -0.459. The van der Waals surface area contributed by atoms with Gasteiger partial charge in [0.25, 0.3) is 0 Å². The molecule has 1 N–H and O–H groups in total. The van der Waals surface area contributed by atoms with Crippen LogP contribution in [0.5, 0.6) is 0 Å². The maximum Gasteiger partial charge on any atom is 0.338 e. The molecule has 4 fully saturated rings. The van der Waals surface area contributed by atoms with Gasteiger partial charge in [0.1, 0.15) is 37.1 Å². The molecule has 0 spiro atoms. The van der Waals surface area contributed by atoms with Crippen LogP contribution in [0.1, 0.15) is 27.8 Å². The molecule has 5 aromatic carbocycles. The van der Waals surface area contributed by atoms with Crippen molar-refractivity contribution in [2.45, 2.75) is 94.1 Å². The summed E-state index contributed by atoms with van der Waals surface area (Å²) in [5.41, 5.74) is 4.48. The van der Waals surface area contributed by atoms with Crippen molar-refractivity contribution in [2.75, 3.05) is 13.7 Å². The minimum Gasteiger partial charge on any atom is -0.452 e. The largest absolute Gasteiger partial charge is 0.452 e. The fourth-order valence-electron chi connectivity index (χ4n) is 7.65. The van der Waals surface area contributed by atoms with Crippen LogP contribution < -0.4 is 0 Å². The summed E-state index contributed by atoms with van der Waals surface area (Å²) in [7, 11) is 1.48. The van der Waals surface area contributed by atoms with Crippen LogP contribution in [0.3, 0.4) is 0 Å². The molecule has 0 aliphatic carbocycles. The first-order chi connectivity index (χ1) is 29.5. The molecule has 0 aromatic heterocycles. The lowest BCUT2D eigenvalue weighted by Crippen LogP contribution is -2.73. The molecule has 4 saturated heterocycles. The number of fused-ring (bicyclic) bond motifs is 3. The van der Waals surface area contributed by atoms with Gasteiger partial charge in [-0.1, -0.05) is 152 Å². The highest BCUT2D eigenvalue weighted by molar-refractivity contribution is 5.77. The Balaban J connectivity index is 1.11. The molecule has 4 aliphatic rings. The van der Waals surface area contributed by atoms with Gasteiger partial charge in [-0.3, -0.25) is 0 Å². The number of hydrogen-bond acceptors (Lipinski definition) is 12. The Morgan fingerprint density at radius 1 is 0.533 bits per heavy atom. The molecule has 314 valence electrons. The molecular weight excluding hydrogens is 769 g/mol. The van der Waals surface area contributed by atoms with Crippen LogP contribution in [0.2, 0.25) is 0 Å². The summed E-state index contributed by atoms with van der Waals surface area (Å²) < 4.78 is 64.2. The molecule has 4 heterocycles. The summed E-state index contributed by atoms with van der Waals surface area (Å²) in [6.45, 7) is 0.546. The van der Waals surface area contributed by atoms with Gasteiger partial charge in [-0.2, -0.15) is 0 Å². The van der Waals surface area contributed by atoms with Gasteiger partial charge in [-0.25, -0.2) is 4.79 Å². The number of carbonyl (C=O) groups is 1. The predicted octanol–water partition coefficient (Wildman–Crippen LogP) is 6.27. The van der Waals surface area contributed by atoms with E-state index in [1.54, 1.807) is 0 Å². The van der Waals surface area contributed by atoms with E-state index in [1.165, 1.54) is 7.11 Å². The molecule has 0 saturated carbocycles. The van der Waals surface area contributed by atoms with E-state index in [-0.39, 0.29) is 39.6 Å². The summed E-state index contributed by atoms with van der Waals surface area (Å²) in [5.74, 6) is -2.63. The van der Waals surface area contributed by atoms with E-state index in [0.717, 1.165) is 27.8 Å². The van der Waals surface area contributed by atoms with Gasteiger partial charge in [0.2, 0.25) is 12.1 Å². The van der Waals surface area contributed by atoms with Crippen molar-refractivity contribution in [2.24, 2.45) is 0 Å². The number of carbonyl (C=O) groups excluding carboxylic acids is 1. The monoisotopic (exact) mass is 818 g/mol. The van der Waals surface area contributed by atoms with Gasteiger partial charge in [-0.15, -0.1) is 0 Å². The number of ether oxygens (including phenoxy) is 10. The summed E-state index contributed by atoms with van der Waals surface area (Å²) in [5, 5.41) is 12.7. The second-order valence-electron chi connectivity index (χ2n) is 14.9. The Labute approximate surface area is 349 Å². The van der Waals surface area contributed by atoms with Crippen LogP contribution in [0.4, 0.5) is 0 Å². The van der Waals surface area contributed by atoms with Crippen molar-refractivity contribution in [3.8, 4) is 0 Å². The maximum atomic E-state index is 13.5. The molecule has 0 amide bonds. The van der Waals surface area contributed by atoms with Gasteiger partial charge in [0.15, 0.2) is 18.5 Å². The highest BCUT2D eigenvalue weighted by atomic mass is 16.9. The third-order valence-corrected chi connectivity index (χ3v) is 10.8. The molecular formula is C48H50O12. The summed E-state index contributed by atoms with van der Waals surface area (Å²) in [6, 6.07) is 48.1. The normalized spacial score (nSPS) is 28.6. The fourth-order valence-corrected chi connectivity index (χ4v) is 7.65. The minimum atomic E-state index is -2.01. The molecule has 12 heteroatoms. The number of methoxy groups -OCH3 is 1. The highest BCUT2D eigenvalue weighted by Gasteiger charge is 2.64. The van der Waals surface area contributed by atoms with E-state index in [2.05, 4.69) is 0 Å². The molecule has 0 radical (unpaired) electrons. The second-order valence-corrected chi connectivity index (χ2v) is 14.9. The highest BCUT2D eigenvalue weighted by Crippen LogP contribution is 2.42. The lowest BCUT2D eigenvalue weighted by atomic mass is 9.93. The molecule has 10 atom stereocenters. The van der Waals surface area contributed by atoms with E-state index in [9.17, 15) is 9.90 Å². The number of aliphatic hydroxyl groups excluding tert-OH is 1. The summed E-state index contributed by atoms with van der Waals surface area (Å²) in [6.07, 6.45) is -10.1. The molecule has 2 bridgehead atoms. The van der Waals surface area contributed by atoms with Gasteiger partial charge in [0.05, 0.1) is 33.0 Å². The Morgan fingerprint density at radius 3 is 1.42 bits per heavy atom. The van der Waals surface area contributed by atoms with Crippen molar-refractivity contribution in [3.63, 3.8) is 0 Å². The Bertz CT molecular complexity index is 2040. The van der Waals surface area contributed by atoms with Crippen LogP contribution in [0, 0.1) is 0 Å². The zero-order chi connectivity index (χ0) is 41.2. The molecule has 12 nitrogen and oxygen atoms in total. The standard InChI is InChI=1S/C48H50O12/c1-51-46-42(56-31-37-25-15-6-16-26-37)40(55-30-36-23-13-5-14-24-36)44(49)48(59-46,32-52-27-33-17-7-2-8-18-33)60-47-43-39(54-29-35-21-11-4-12-22-35)38(41(58-47)45(50)57-43)53-28-34-19-9-3-10-20-34/h2-26,38-44,46-47,49H,27-32H2,1H3/t38-,39-,40+,41-,42+,43-,44-,46-,47-,48-/m0/s1. The van der Waals surface area contributed by atoms with Crippen molar-refractivity contribution in [3.05, 3.63) is 179 Å². The SMILES string of the molecule is CO[C@H]1O[C@@](COCc2ccccc2)(O[C@@H]2O[C@@H]3C(=O)O[C@H]2[C@@H](OCc2ccccc2)[C@@H]3OCc2ccccc2)[C@@H](O)[C@H](OCc2ccccc2)[C@H]1OCc1ccccc1. The van der Waals surface area contributed by atoms with E-state index in [1.807, 2.05) is 152 Å². The molecule has 9 rings (SSSR count). The van der Waals surface area contributed by atoms with Crippen molar-refractivity contribution >= 4 is 5.97 Å². The van der Waals surface area contributed by atoms with Crippen LogP contribution >= 0.6 is 0 Å². The predicted molar refractivity (Wildman–Crippen MR) is 216 cm³/mol. The topological polar surface area (TPSA) is 130 Å². The molecule has 0 unspecified atom stereocenters. The molecule has 4 aliphatic heterocycles. The van der Waals surface area contributed by atoms with Crippen molar-refractivity contribution < 1.29 is 57.3 Å². The van der Waals surface area contributed by atoms with Crippen molar-refractivity contribution in [1.82, 2.24) is 0 Å². The van der Waals surface area contributed by atoms with E-state index in [4.69, 9.17) is 47.4 Å².